The number of nitrogens with zero attached hydrogens (tertiary/aromatic N) is 1. The average Bonchev–Trinajstić information content (AvgIpc) is 3.22. The summed E-state index contributed by atoms with van der Waals surface area (Å²) in [4.78, 5) is 14.5. The predicted molar refractivity (Wildman–Crippen MR) is 105 cm³/mol. The second kappa shape index (κ2) is 8.86. The van der Waals surface area contributed by atoms with E-state index in [1.165, 1.54) is 6.07 Å². The molecule has 0 radical (unpaired) electrons. The van der Waals surface area contributed by atoms with Crippen LogP contribution in [-0.2, 0) is 14.8 Å². The molecule has 8 heteroatoms. The number of hydrogen-bond acceptors (Lipinski definition) is 5. The monoisotopic (exact) mass is 408 g/mol. The van der Waals surface area contributed by atoms with E-state index >= 15 is 0 Å². The number of sulfonamides is 1. The zero-order valence-electron chi connectivity index (χ0n) is 15.2. The summed E-state index contributed by atoms with van der Waals surface area (Å²) in [5.74, 6) is 0.863. The fraction of sp³-hybridized carbons (Fsp3) is 0.421. The normalized spacial score (nSPS) is 18.9. The number of amides is 1. The molecule has 0 bridgehead atoms. The van der Waals surface area contributed by atoms with Gasteiger partial charge in [0.1, 0.15) is 9.96 Å². The zero-order valence-corrected chi connectivity index (χ0v) is 16.8. The molecule has 2 aromatic rings. The standard InChI is InChI=1S/C19H24N2O4S2/c1-15(20-27(23,24)18-10-6-12-26-18)19(22)21-11-5-7-16(13-21)14-25-17-8-3-2-4-9-17/h2-4,6,8-10,12,15-16,20H,5,7,11,13-14H2,1H3. The van der Waals surface area contributed by atoms with E-state index in [0.29, 0.717) is 19.7 Å². The molecule has 3 rings (SSSR count). The summed E-state index contributed by atoms with van der Waals surface area (Å²) in [6.45, 7) is 3.36. The van der Waals surface area contributed by atoms with Gasteiger partial charge in [-0.1, -0.05) is 24.3 Å². The van der Waals surface area contributed by atoms with Crippen LogP contribution < -0.4 is 9.46 Å². The number of hydrogen-bond donors (Lipinski definition) is 1. The number of benzene rings is 1. The van der Waals surface area contributed by atoms with E-state index in [0.717, 1.165) is 29.9 Å². The first-order valence-electron chi connectivity index (χ1n) is 8.98. The van der Waals surface area contributed by atoms with Crippen molar-refractivity contribution in [2.24, 2.45) is 5.92 Å². The van der Waals surface area contributed by atoms with E-state index in [1.807, 2.05) is 30.3 Å². The van der Waals surface area contributed by atoms with Crippen molar-refractivity contribution >= 4 is 27.3 Å². The molecule has 1 aromatic heterocycles. The summed E-state index contributed by atoms with van der Waals surface area (Å²) in [7, 11) is -3.66. The van der Waals surface area contributed by atoms with Crippen LogP contribution in [0, 0.1) is 5.92 Å². The zero-order chi connectivity index (χ0) is 19.3. The molecule has 1 saturated heterocycles. The maximum atomic E-state index is 12.7. The largest absolute Gasteiger partial charge is 0.493 e. The maximum absolute atomic E-state index is 12.7. The summed E-state index contributed by atoms with van der Waals surface area (Å²) >= 11 is 1.13. The number of thiophene rings is 1. The third-order valence-corrected chi connectivity index (χ3v) is 7.46. The minimum atomic E-state index is -3.66. The van der Waals surface area contributed by atoms with Crippen LogP contribution in [0.25, 0.3) is 0 Å². The van der Waals surface area contributed by atoms with Crippen LogP contribution in [-0.4, -0.2) is 45.0 Å². The van der Waals surface area contributed by atoms with Crippen molar-refractivity contribution in [3.8, 4) is 5.75 Å². The van der Waals surface area contributed by atoms with Gasteiger partial charge in [0.15, 0.2) is 0 Å². The lowest BCUT2D eigenvalue weighted by molar-refractivity contribution is -0.134. The van der Waals surface area contributed by atoms with Gasteiger partial charge in [0.25, 0.3) is 10.0 Å². The Balaban J connectivity index is 1.54. The van der Waals surface area contributed by atoms with Crippen molar-refractivity contribution in [3.63, 3.8) is 0 Å². The van der Waals surface area contributed by atoms with Crippen LogP contribution in [0.2, 0.25) is 0 Å². The Bertz CT molecular complexity index is 838. The SMILES string of the molecule is CC(NS(=O)(=O)c1cccs1)C(=O)N1CCCC(COc2ccccc2)C1. The van der Waals surface area contributed by atoms with Crippen LogP contribution >= 0.6 is 11.3 Å². The summed E-state index contributed by atoms with van der Waals surface area (Å²) in [5, 5.41) is 1.70. The number of ether oxygens (including phenoxy) is 1. The predicted octanol–water partition coefficient (Wildman–Crippen LogP) is 2.73. The van der Waals surface area contributed by atoms with Gasteiger partial charge in [0.05, 0.1) is 12.6 Å². The maximum Gasteiger partial charge on any atom is 0.250 e. The van der Waals surface area contributed by atoms with Crippen molar-refractivity contribution in [1.82, 2.24) is 9.62 Å². The number of carbonyl (C=O) groups excluding carboxylic acids is 1. The molecule has 2 unspecified atom stereocenters. The van der Waals surface area contributed by atoms with Gasteiger partial charge in [0.2, 0.25) is 5.91 Å². The lowest BCUT2D eigenvalue weighted by Crippen LogP contribution is -2.50. The second-order valence-electron chi connectivity index (χ2n) is 6.69. The molecule has 0 spiro atoms. The Morgan fingerprint density at radius 2 is 2.07 bits per heavy atom. The van der Waals surface area contributed by atoms with Crippen LogP contribution in [0.1, 0.15) is 19.8 Å². The number of piperidine rings is 1. The van der Waals surface area contributed by atoms with Crippen LogP contribution in [0.5, 0.6) is 5.75 Å². The van der Waals surface area contributed by atoms with Gasteiger partial charge >= 0.3 is 0 Å². The Labute approximate surface area is 164 Å². The van der Waals surface area contributed by atoms with Gasteiger partial charge in [-0.2, -0.15) is 4.72 Å². The molecule has 2 heterocycles. The lowest BCUT2D eigenvalue weighted by atomic mass is 9.98. The summed E-state index contributed by atoms with van der Waals surface area (Å²) in [5.41, 5.74) is 0. The van der Waals surface area contributed by atoms with Crippen molar-refractivity contribution in [2.45, 2.75) is 30.0 Å². The van der Waals surface area contributed by atoms with Crippen LogP contribution in [0.3, 0.4) is 0 Å². The van der Waals surface area contributed by atoms with E-state index in [1.54, 1.807) is 23.3 Å². The minimum Gasteiger partial charge on any atom is -0.493 e. The molecule has 27 heavy (non-hydrogen) atoms. The summed E-state index contributed by atoms with van der Waals surface area (Å²) < 4.78 is 33.2. The van der Waals surface area contributed by atoms with E-state index in [-0.39, 0.29) is 16.0 Å². The topological polar surface area (TPSA) is 75.7 Å². The summed E-state index contributed by atoms with van der Waals surface area (Å²) in [6, 6.07) is 12.0. The second-order valence-corrected chi connectivity index (χ2v) is 9.58. The molecular weight excluding hydrogens is 384 g/mol. The first-order valence-corrected chi connectivity index (χ1v) is 11.3. The summed E-state index contributed by atoms with van der Waals surface area (Å²) in [6.07, 6.45) is 1.88. The fourth-order valence-electron chi connectivity index (χ4n) is 3.16. The van der Waals surface area contributed by atoms with Crippen molar-refractivity contribution in [1.29, 1.82) is 0 Å². The van der Waals surface area contributed by atoms with Crippen molar-refractivity contribution in [2.75, 3.05) is 19.7 Å². The molecule has 1 aliphatic heterocycles. The number of rotatable bonds is 7. The molecular formula is C19H24N2O4S2. The molecule has 6 nitrogen and oxygen atoms in total. The van der Waals surface area contributed by atoms with Gasteiger partial charge in [-0.3, -0.25) is 4.79 Å². The molecule has 1 N–H and O–H groups in total. The smallest absolute Gasteiger partial charge is 0.250 e. The van der Waals surface area contributed by atoms with Gasteiger partial charge in [-0.05, 0) is 43.3 Å². The quantitative estimate of drug-likeness (QED) is 0.764. The van der Waals surface area contributed by atoms with Gasteiger partial charge in [-0.25, -0.2) is 8.42 Å². The number of likely N-dealkylation sites (tertiary alicyclic amines) is 1. The minimum absolute atomic E-state index is 0.195. The van der Waals surface area contributed by atoms with Gasteiger partial charge < -0.3 is 9.64 Å². The highest BCUT2D eigenvalue weighted by molar-refractivity contribution is 7.91. The Morgan fingerprint density at radius 1 is 1.30 bits per heavy atom. The molecule has 0 aliphatic carbocycles. The number of nitrogens with one attached hydrogen (secondary N) is 1. The third kappa shape index (κ3) is 5.31. The molecule has 0 saturated carbocycles. The molecule has 1 fully saturated rings. The molecule has 146 valence electrons. The Kier molecular flexibility index (Phi) is 6.51. The molecule has 2 atom stereocenters. The van der Waals surface area contributed by atoms with E-state index in [9.17, 15) is 13.2 Å². The molecule has 1 aliphatic rings. The third-order valence-electron chi connectivity index (χ3n) is 4.52. The van der Waals surface area contributed by atoms with Crippen molar-refractivity contribution in [3.05, 3.63) is 47.8 Å². The number of para-hydroxylation sites is 1. The van der Waals surface area contributed by atoms with Crippen LogP contribution in [0.4, 0.5) is 0 Å². The fourth-order valence-corrected chi connectivity index (χ4v) is 5.37. The highest BCUT2D eigenvalue weighted by atomic mass is 32.2. The first kappa shape index (κ1) is 19.9. The lowest BCUT2D eigenvalue weighted by Gasteiger charge is -2.34. The molecule has 1 amide bonds. The molecule has 1 aromatic carbocycles. The average molecular weight is 409 g/mol. The first-order chi connectivity index (χ1) is 13.0. The van der Waals surface area contributed by atoms with Gasteiger partial charge in [0, 0.05) is 19.0 Å². The van der Waals surface area contributed by atoms with Crippen LogP contribution in [0.15, 0.2) is 52.1 Å². The van der Waals surface area contributed by atoms with Gasteiger partial charge in [-0.15, -0.1) is 11.3 Å². The van der Waals surface area contributed by atoms with Crippen molar-refractivity contribution < 1.29 is 17.9 Å². The highest BCUT2D eigenvalue weighted by Crippen LogP contribution is 2.20. The van der Waals surface area contributed by atoms with E-state index in [4.69, 9.17) is 4.74 Å². The Hall–Kier alpha value is -1.90. The van der Waals surface area contributed by atoms with E-state index < -0.39 is 16.1 Å². The Morgan fingerprint density at radius 3 is 2.78 bits per heavy atom. The van der Waals surface area contributed by atoms with E-state index in [2.05, 4.69) is 4.72 Å². The number of carbonyl (C=O) groups is 1. The highest BCUT2D eigenvalue weighted by Gasteiger charge is 2.30.